The first-order chi connectivity index (χ1) is 26.3. The molecule has 2 amide bonds. The van der Waals surface area contributed by atoms with Crippen molar-refractivity contribution in [1.29, 1.82) is 0 Å². The summed E-state index contributed by atoms with van der Waals surface area (Å²) in [6.45, 7) is 12.5. The number of amides is 2. The summed E-state index contributed by atoms with van der Waals surface area (Å²) in [4.78, 5) is 29.9. The van der Waals surface area contributed by atoms with Gasteiger partial charge in [-0.25, -0.2) is 13.1 Å². The summed E-state index contributed by atoms with van der Waals surface area (Å²) >= 11 is 0. The molecule has 0 radical (unpaired) electrons. The second-order valence-corrected chi connectivity index (χ2v) is 17.5. The molecule has 1 saturated carbocycles. The SMILES string of the molecule is C=C(OC)C1CN(C(=O)c2cnn(C(C)C)c2C2=Cc3cc(OC)ccc3-c3c(C4CCCCC4)c4ccc(C(=O)NS(=O)(=O)C(C)C)cc4n3C2)CCO1. The number of morpholine rings is 1. The standard InChI is InChI=1S/C42H51N5O7S/c1-25(2)47-39(35(22-43-47)42(49)45-17-18-54-37(24-45)27(5)52-6)31-19-30-20-32(53-7)14-16-33(30)40-38(28-11-9-8-10-12-28)34-15-13-29(21-36(34)46(40)23-31)41(48)44-55(50,51)26(3)4/h13-16,19-22,25-26,28,37H,5,8-12,17-18,23-24H2,1-4,6-7H3,(H,44,48). The first kappa shape index (κ1) is 38.4. The van der Waals surface area contributed by atoms with Crippen molar-refractivity contribution in [2.45, 2.75) is 89.7 Å². The fraction of sp³-hybridized carbons (Fsp3) is 0.452. The van der Waals surface area contributed by atoms with Crippen molar-refractivity contribution < 1.29 is 32.2 Å². The molecule has 1 N–H and O–H groups in total. The Morgan fingerprint density at radius 2 is 1.78 bits per heavy atom. The van der Waals surface area contributed by atoms with E-state index in [1.807, 2.05) is 42.8 Å². The molecule has 13 heteroatoms. The smallest absolute Gasteiger partial charge is 0.264 e. The average Bonchev–Trinajstić information content (AvgIpc) is 3.72. The molecule has 1 saturated heterocycles. The number of ether oxygens (including phenoxy) is 3. The van der Waals surface area contributed by atoms with Gasteiger partial charge in [-0.2, -0.15) is 5.10 Å². The third-order valence-electron chi connectivity index (χ3n) is 11.2. The lowest BCUT2D eigenvalue weighted by atomic mass is 9.81. The summed E-state index contributed by atoms with van der Waals surface area (Å²) < 4.78 is 49.0. The number of allylic oxidation sites excluding steroid dienone is 1. The second-order valence-electron chi connectivity index (χ2n) is 15.3. The van der Waals surface area contributed by atoms with Gasteiger partial charge in [-0.15, -0.1) is 0 Å². The van der Waals surface area contributed by atoms with Crippen LogP contribution in [0.25, 0.3) is 33.8 Å². The van der Waals surface area contributed by atoms with Crippen LogP contribution in [0.3, 0.4) is 0 Å². The summed E-state index contributed by atoms with van der Waals surface area (Å²) in [6.07, 6.45) is 8.88. The first-order valence-corrected chi connectivity index (χ1v) is 20.7. The van der Waals surface area contributed by atoms with Gasteiger partial charge in [-0.3, -0.25) is 14.3 Å². The van der Waals surface area contributed by atoms with Crippen LogP contribution in [0.2, 0.25) is 0 Å². The minimum atomic E-state index is -3.86. The van der Waals surface area contributed by atoms with E-state index in [0.717, 1.165) is 59.0 Å². The van der Waals surface area contributed by atoms with Crippen LogP contribution in [0.4, 0.5) is 0 Å². The Kier molecular flexibility index (Phi) is 10.7. The number of nitrogens with one attached hydrogen (secondary N) is 1. The first-order valence-electron chi connectivity index (χ1n) is 19.2. The van der Waals surface area contributed by atoms with Gasteiger partial charge in [0.2, 0.25) is 10.0 Å². The molecule has 1 atom stereocenters. The molecule has 12 nitrogen and oxygen atoms in total. The Bertz CT molecular complexity index is 2300. The van der Waals surface area contributed by atoms with E-state index in [2.05, 4.69) is 28.0 Å². The summed E-state index contributed by atoms with van der Waals surface area (Å²) in [5.41, 5.74) is 7.33. The number of sulfonamides is 1. The van der Waals surface area contributed by atoms with E-state index in [-0.39, 0.29) is 17.5 Å². The fourth-order valence-electron chi connectivity index (χ4n) is 8.19. The molecule has 4 heterocycles. The van der Waals surface area contributed by atoms with E-state index >= 15 is 0 Å². The maximum absolute atomic E-state index is 14.5. The van der Waals surface area contributed by atoms with E-state index in [1.54, 1.807) is 31.4 Å². The van der Waals surface area contributed by atoms with E-state index in [1.165, 1.54) is 25.8 Å². The zero-order chi connectivity index (χ0) is 39.2. The van der Waals surface area contributed by atoms with E-state index in [9.17, 15) is 18.0 Å². The summed E-state index contributed by atoms with van der Waals surface area (Å²) in [7, 11) is -0.660. The molecule has 2 aromatic carbocycles. The zero-order valence-electron chi connectivity index (χ0n) is 32.6. The maximum Gasteiger partial charge on any atom is 0.264 e. The van der Waals surface area contributed by atoms with Crippen LogP contribution < -0.4 is 9.46 Å². The molecular weight excluding hydrogens is 719 g/mol. The summed E-state index contributed by atoms with van der Waals surface area (Å²) in [5.74, 6) is 0.615. The van der Waals surface area contributed by atoms with E-state index < -0.39 is 27.3 Å². The summed E-state index contributed by atoms with van der Waals surface area (Å²) in [5, 5.41) is 5.05. The second kappa shape index (κ2) is 15.3. The third kappa shape index (κ3) is 7.19. The van der Waals surface area contributed by atoms with Gasteiger partial charge in [-0.05, 0) is 99.6 Å². The maximum atomic E-state index is 14.5. The quantitative estimate of drug-likeness (QED) is 0.168. The van der Waals surface area contributed by atoms with Gasteiger partial charge < -0.3 is 23.7 Å². The monoisotopic (exact) mass is 769 g/mol. The molecule has 0 spiro atoms. The molecule has 3 aliphatic rings. The highest BCUT2D eigenvalue weighted by atomic mass is 32.2. The molecule has 0 bridgehead atoms. The van der Waals surface area contributed by atoms with Crippen LogP contribution in [-0.2, 0) is 26.0 Å². The molecule has 7 rings (SSSR count). The number of methoxy groups -OCH3 is 2. The van der Waals surface area contributed by atoms with Gasteiger partial charge in [0.1, 0.15) is 17.6 Å². The third-order valence-corrected chi connectivity index (χ3v) is 12.9. The number of hydrogen-bond acceptors (Lipinski definition) is 8. The number of aromatic nitrogens is 3. The van der Waals surface area contributed by atoms with Gasteiger partial charge in [0, 0.05) is 34.6 Å². The normalized spacial score (nSPS) is 17.8. The van der Waals surface area contributed by atoms with E-state index in [4.69, 9.17) is 19.3 Å². The number of fused-ring (bicyclic) bond motifs is 5. The van der Waals surface area contributed by atoms with Gasteiger partial charge >= 0.3 is 0 Å². The summed E-state index contributed by atoms with van der Waals surface area (Å²) in [6, 6.07) is 11.5. The highest BCUT2D eigenvalue weighted by Crippen LogP contribution is 2.48. The molecule has 2 aliphatic heterocycles. The molecule has 2 fully saturated rings. The number of hydrogen-bond donors (Lipinski definition) is 1. The van der Waals surface area contributed by atoms with Crippen molar-refractivity contribution in [2.24, 2.45) is 0 Å². The lowest BCUT2D eigenvalue weighted by molar-refractivity contribution is -0.0248. The van der Waals surface area contributed by atoms with Crippen molar-refractivity contribution in [3.8, 4) is 17.0 Å². The molecule has 4 aromatic rings. The minimum absolute atomic E-state index is 0.0759. The molecular formula is C42H51N5O7S. The van der Waals surface area contributed by atoms with Crippen molar-refractivity contribution in [3.05, 3.63) is 82.9 Å². The predicted molar refractivity (Wildman–Crippen MR) is 214 cm³/mol. The molecule has 1 aliphatic carbocycles. The highest BCUT2D eigenvalue weighted by Gasteiger charge is 2.34. The Morgan fingerprint density at radius 1 is 1.02 bits per heavy atom. The number of rotatable bonds is 10. The van der Waals surface area contributed by atoms with Crippen LogP contribution in [0.1, 0.15) is 109 Å². The lowest BCUT2D eigenvalue weighted by Crippen LogP contribution is -2.46. The molecule has 2 aromatic heterocycles. The van der Waals surface area contributed by atoms with Gasteiger partial charge in [0.25, 0.3) is 11.8 Å². The van der Waals surface area contributed by atoms with Crippen LogP contribution in [-0.4, -0.2) is 84.7 Å². The van der Waals surface area contributed by atoms with Crippen molar-refractivity contribution >= 4 is 44.4 Å². The van der Waals surface area contributed by atoms with Crippen LogP contribution in [0.5, 0.6) is 5.75 Å². The van der Waals surface area contributed by atoms with Crippen molar-refractivity contribution in [3.63, 3.8) is 0 Å². The number of carbonyl (C=O) groups is 2. The predicted octanol–water partition coefficient (Wildman–Crippen LogP) is 7.17. The Morgan fingerprint density at radius 3 is 2.47 bits per heavy atom. The Balaban J connectivity index is 1.44. The van der Waals surface area contributed by atoms with Crippen LogP contribution >= 0.6 is 0 Å². The highest BCUT2D eigenvalue weighted by molar-refractivity contribution is 7.90. The van der Waals surface area contributed by atoms with Crippen LogP contribution in [0, 0.1) is 0 Å². The zero-order valence-corrected chi connectivity index (χ0v) is 33.4. The number of benzene rings is 2. The van der Waals surface area contributed by atoms with Gasteiger partial charge in [0.15, 0.2) is 0 Å². The molecule has 1 unspecified atom stereocenters. The van der Waals surface area contributed by atoms with Crippen molar-refractivity contribution in [1.82, 2.24) is 24.0 Å². The minimum Gasteiger partial charge on any atom is -0.499 e. The lowest BCUT2D eigenvalue weighted by Gasteiger charge is -2.33. The molecule has 292 valence electrons. The topological polar surface area (TPSA) is 134 Å². The molecule has 55 heavy (non-hydrogen) atoms. The fourth-order valence-corrected chi connectivity index (χ4v) is 8.81. The van der Waals surface area contributed by atoms with Gasteiger partial charge in [-0.1, -0.05) is 31.9 Å². The number of carbonyl (C=O) groups excluding carboxylic acids is 2. The number of nitrogens with zero attached hydrogens (tertiary/aromatic N) is 4. The van der Waals surface area contributed by atoms with E-state index in [0.29, 0.717) is 54.9 Å². The largest absolute Gasteiger partial charge is 0.499 e. The average molecular weight is 770 g/mol. The van der Waals surface area contributed by atoms with Crippen molar-refractivity contribution in [2.75, 3.05) is 33.9 Å². The Labute approximate surface area is 323 Å². The Hall–Kier alpha value is -4.88. The van der Waals surface area contributed by atoms with Crippen LogP contribution in [0.15, 0.2) is 54.9 Å². The van der Waals surface area contributed by atoms with Gasteiger partial charge in [0.05, 0.1) is 62.3 Å².